The second-order valence-corrected chi connectivity index (χ2v) is 7.82. The number of amides is 2. The van der Waals surface area contributed by atoms with Crippen LogP contribution in [0.1, 0.15) is 43.6 Å². The quantitative estimate of drug-likeness (QED) is 0.808. The van der Waals surface area contributed by atoms with Gasteiger partial charge in [0.25, 0.3) is 5.91 Å². The smallest absolute Gasteiger partial charge is 0.265 e. The highest BCUT2D eigenvalue weighted by Gasteiger charge is 2.27. The zero-order chi connectivity index (χ0) is 19.5. The number of halogens is 1. The van der Waals surface area contributed by atoms with E-state index in [-0.39, 0.29) is 25.0 Å². The number of hydrogen-bond donors (Lipinski definition) is 1. The van der Waals surface area contributed by atoms with Crippen molar-refractivity contribution in [2.45, 2.75) is 38.0 Å². The van der Waals surface area contributed by atoms with Crippen molar-refractivity contribution in [1.82, 2.24) is 0 Å². The molecule has 1 heterocycles. The summed E-state index contributed by atoms with van der Waals surface area (Å²) in [5.41, 5.74) is 2.59. The summed E-state index contributed by atoms with van der Waals surface area (Å²) in [5.74, 6) is 0.656. The van der Waals surface area contributed by atoms with Gasteiger partial charge in [-0.15, -0.1) is 0 Å². The van der Waals surface area contributed by atoms with Crippen molar-refractivity contribution in [2.24, 2.45) is 0 Å². The van der Waals surface area contributed by atoms with Crippen molar-refractivity contribution >= 4 is 34.8 Å². The minimum atomic E-state index is -0.266. The van der Waals surface area contributed by atoms with Crippen LogP contribution < -0.4 is 15.0 Å². The summed E-state index contributed by atoms with van der Waals surface area (Å²) in [6, 6.07) is 13.1. The SMILES string of the molecule is O=C(CN1C(=O)COc2ccc(Cl)cc21)Nc1ccc(C2CCCCC2)cc1. The van der Waals surface area contributed by atoms with E-state index in [0.717, 1.165) is 5.69 Å². The van der Waals surface area contributed by atoms with Crippen LogP contribution in [0.5, 0.6) is 5.75 Å². The number of rotatable bonds is 4. The van der Waals surface area contributed by atoms with Gasteiger partial charge in [-0.25, -0.2) is 0 Å². The van der Waals surface area contributed by atoms with Crippen LogP contribution in [0.15, 0.2) is 42.5 Å². The summed E-state index contributed by atoms with van der Waals surface area (Å²) in [5, 5.41) is 3.37. The molecular weight excluding hydrogens is 376 g/mol. The van der Waals surface area contributed by atoms with Gasteiger partial charge in [0.15, 0.2) is 6.61 Å². The van der Waals surface area contributed by atoms with Crippen LogP contribution in [0, 0.1) is 0 Å². The van der Waals surface area contributed by atoms with Crippen molar-refractivity contribution in [2.75, 3.05) is 23.4 Å². The predicted octanol–water partition coefficient (Wildman–Crippen LogP) is 4.75. The molecule has 0 saturated heterocycles. The highest BCUT2D eigenvalue weighted by atomic mass is 35.5. The molecule has 0 aromatic heterocycles. The van der Waals surface area contributed by atoms with Crippen molar-refractivity contribution in [1.29, 1.82) is 0 Å². The number of fused-ring (bicyclic) bond motifs is 1. The molecule has 1 saturated carbocycles. The Morgan fingerprint density at radius 3 is 2.61 bits per heavy atom. The first kappa shape index (κ1) is 18.8. The molecule has 2 aromatic rings. The molecule has 0 unspecified atom stereocenters. The molecule has 0 radical (unpaired) electrons. The van der Waals surface area contributed by atoms with E-state index in [9.17, 15) is 9.59 Å². The average Bonchev–Trinajstić information content (AvgIpc) is 2.71. The summed E-state index contributed by atoms with van der Waals surface area (Å²) in [6.45, 7) is -0.169. The molecule has 2 aromatic carbocycles. The standard InChI is InChI=1S/C22H23ClN2O3/c23-17-8-11-20-19(12-17)25(22(27)14-28-20)13-21(26)24-18-9-6-16(7-10-18)15-4-2-1-3-5-15/h6-12,15H,1-5,13-14H2,(H,24,26). The van der Waals surface area contributed by atoms with E-state index < -0.39 is 0 Å². The minimum absolute atomic E-state index is 0.0834. The maximum absolute atomic E-state index is 12.5. The Labute approximate surface area is 169 Å². The first-order valence-electron chi connectivity index (χ1n) is 9.73. The first-order chi connectivity index (χ1) is 13.6. The fourth-order valence-electron chi connectivity index (χ4n) is 3.97. The Balaban J connectivity index is 1.42. The van der Waals surface area contributed by atoms with E-state index in [2.05, 4.69) is 17.4 Å². The molecule has 1 N–H and O–H groups in total. The van der Waals surface area contributed by atoms with Gasteiger partial charge in [0, 0.05) is 10.7 Å². The third kappa shape index (κ3) is 4.14. The number of carbonyl (C=O) groups is 2. The molecule has 4 rings (SSSR count). The number of hydrogen-bond acceptors (Lipinski definition) is 3. The summed E-state index contributed by atoms with van der Waals surface area (Å²) < 4.78 is 5.41. The topological polar surface area (TPSA) is 58.6 Å². The van der Waals surface area contributed by atoms with Crippen LogP contribution in [0.4, 0.5) is 11.4 Å². The highest BCUT2D eigenvalue weighted by Crippen LogP contribution is 2.35. The van der Waals surface area contributed by atoms with Crippen LogP contribution >= 0.6 is 11.6 Å². The summed E-state index contributed by atoms with van der Waals surface area (Å²) in [4.78, 5) is 26.2. The number of benzene rings is 2. The molecule has 1 aliphatic carbocycles. The molecule has 6 heteroatoms. The minimum Gasteiger partial charge on any atom is -0.482 e. The number of anilines is 2. The van der Waals surface area contributed by atoms with Crippen LogP contribution in [0.2, 0.25) is 5.02 Å². The molecule has 0 bridgehead atoms. The average molecular weight is 399 g/mol. The number of ether oxygens (including phenoxy) is 1. The normalized spacial score (nSPS) is 17.0. The first-order valence-corrected chi connectivity index (χ1v) is 10.1. The molecule has 0 atom stereocenters. The molecule has 1 aliphatic heterocycles. The fraction of sp³-hybridized carbons (Fsp3) is 0.364. The maximum atomic E-state index is 12.5. The van der Waals surface area contributed by atoms with E-state index in [1.165, 1.54) is 42.6 Å². The van der Waals surface area contributed by atoms with E-state index in [1.807, 2.05) is 12.1 Å². The van der Waals surface area contributed by atoms with Crippen LogP contribution in [0.3, 0.4) is 0 Å². The van der Waals surface area contributed by atoms with Crippen molar-refractivity contribution in [3.05, 3.63) is 53.1 Å². The van der Waals surface area contributed by atoms with Gasteiger partial charge in [-0.1, -0.05) is 43.0 Å². The Hall–Kier alpha value is -2.53. The lowest BCUT2D eigenvalue weighted by Gasteiger charge is -2.29. The van der Waals surface area contributed by atoms with Gasteiger partial charge in [-0.2, -0.15) is 0 Å². The van der Waals surface area contributed by atoms with Crippen LogP contribution in [-0.2, 0) is 9.59 Å². The van der Waals surface area contributed by atoms with Gasteiger partial charge in [0.1, 0.15) is 12.3 Å². The lowest BCUT2D eigenvalue weighted by Crippen LogP contribution is -2.43. The van der Waals surface area contributed by atoms with Crippen LogP contribution in [0.25, 0.3) is 0 Å². The third-order valence-corrected chi connectivity index (χ3v) is 5.67. The zero-order valence-corrected chi connectivity index (χ0v) is 16.4. The second kappa shape index (κ2) is 8.23. The lowest BCUT2D eigenvalue weighted by atomic mass is 9.84. The molecule has 28 heavy (non-hydrogen) atoms. The van der Waals surface area contributed by atoms with E-state index in [0.29, 0.717) is 22.4 Å². The number of nitrogens with one attached hydrogen (secondary N) is 1. The Kier molecular flexibility index (Phi) is 5.53. The van der Waals surface area contributed by atoms with E-state index in [1.54, 1.807) is 18.2 Å². The molecule has 2 aliphatic rings. The van der Waals surface area contributed by atoms with Crippen molar-refractivity contribution in [3.8, 4) is 5.75 Å². The monoisotopic (exact) mass is 398 g/mol. The van der Waals surface area contributed by atoms with Gasteiger partial charge >= 0.3 is 0 Å². The van der Waals surface area contributed by atoms with Crippen molar-refractivity contribution < 1.29 is 14.3 Å². The summed E-state index contributed by atoms with van der Waals surface area (Å²) in [6.07, 6.45) is 6.41. The summed E-state index contributed by atoms with van der Waals surface area (Å²) in [7, 11) is 0. The van der Waals surface area contributed by atoms with Gasteiger partial charge in [0.05, 0.1) is 5.69 Å². The van der Waals surface area contributed by atoms with E-state index in [4.69, 9.17) is 16.3 Å². The number of nitrogens with zero attached hydrogens (tertiary/aromatic N) is 1. The van der Waals surface area contributed by atoms with Gasteiger partial charge in [-0.05, 0) is 54.7 Å². The molecule has 2 amide bonds. The van der Waals surface area contributed by atoms with E-state index >= 15 is 0 Å². The molecule has 0 spiro atoms. The lowest BCUT2D eigenvalue weighted by molar-refractivity contribution is -0.123. The Bertz CT molecular complexity index is 876. The predicted molar refractivity (Wildman–Crippen MR) is 110 cm³/mol. The number of carbonyl (C=O) groups excluding carboxylic acids is 2. The largest absolute Gasteiger partial charge is 0.482 e. The third-order valence-electron chi connectivity index (χ3n) is 5.44. The molecule has 146 valence electrons. The summed E-state index contributed by atoms with van der Waals surface area (Å²) >= 11 is 6.04. The van der Waals surface area contributed by atoms with Gasteiger partial charge < -0.3 is 10.1 Å². The highest BCUT2D eigenvalue weighted by molar-refractivity contribution is 6.31. The Morgan fingerprint density at radius 1 is 1.11 bits per heavy atom. The molecule has 1 fully saturated rings. The van der Waals surface area contributed by atoms with Crippen LogP contribution in [-0.4, -0.2) is 25.0 Å². The Morgan fingerprint density at radius 2 is 1.86 bits per heavy atom. The molecular formula is C22H23ClN2O3. The second-order valence-electron chi connectivity index (χ2n) is 7.39. The molecule has 5 nitrogen and oxygen atoms in total. The van der Waals surface area contributed by atoms with Crippen molar-refractivity contribution in [3.63, 3.8) is 0 Å². The fourth-order valence-corrected chi connectivity index (χ4v) is 4.13. The van der Waals surface area contributed by atoms with Gasteiger partial charge in [-0.3, -0.25) is 14.5 Å². The maximum Gasteiger partial charge on any atom is 0.265 e. The van der Waals surface area contributed by atoms with Gasteiger partial charge in [0.2, 0.25) is 5.91 Å². The zero-order valence-electron chi connectivity index (χ0n) is 15.6.